The quantitative estimate of drug-likeness (QED) is 0.264. The van der Waals surface area contributed by atoms with Gasteiger partial charge in [-0.3, -0.25) is 4.98 Å². The van der Waals surface area contributed by atoms with Gasteiger partial charge in [-0.25, -0.2) is 0 Å². The summed E-state index contributed by atoms with van der Waals surface area (Å²) in [6.07, 6.45) is 1.93. The van der Waals surface area contributed by atoms with Crippen molar-refractivity contribution in [2.75, 3.05) is 0 Å². The molecule has 0 saturated heterocycles. The Bertz CT molecular complexity index is 1660. The highest BCUT2D eigenvalue weighted by atomic mass is 32.1. The maximum atomic E-state index is 5.88. The third-order valence-electron chi connectivity index (χ3n) is 6.33. The first kappa shape index (κ1) is 20.2. The Morgan fingerprint density at radius 3 is 2.52 bits per heavy atom. The number of pyridine rings is 1. The van der Waals surface area contributed by atoms with Crippen LogP contribution in [0.25, 0.3) is 53.5 Å². The van der Waals surface area contributed by atoms with Gasteiger partial charge in [0.1, 0.15) is 11.3 Å². The van der Waals surface area contributed by atoms with Gasteiger partial charge in [0.2, 0.25) is 0 Å². The lowest BCUT2D eigenvalue weighted by molar-refractivity contribution is 0.578. The predicted molar refractivity (Wildman–Crippen MR) is 141 cm³/mol. The summed E-state index contributed by atoms with van der Waals surface area (Å²) in [6, 6.07) is 26.1. The van der Waals surface area contributed by atoms with E-state index in [-0.39, 0.29) is 5.41 Å². The Morgan fingerprint density at radius 1 is 0.818 bits per heavy atom. The molecule has 0 spiro atoms. The average Bonchev–Trinajstić information content (AvgIpc) is 3.39. The van der Waals surface area contributed by atoms with Crippen molar-refractivity contribution in [3.8, 4) is 21.7 Å². The largest absolute Gasteiger partial charge is 0.461 e. The van der Waals surface area contributed by atoms with Gasteiger partial charge in [0, 0.05) is 27.6 Å². The van der Waals surface area contributed by atoms with Gasteiger partial charge in [-0.2, -0.15) is 0 Å². The SMILES string of the molecule is Cc1cc2c(-c3cc4ccnc(-c5cc(C(C)(C)C)c6ccccc6c5)c4s3)cccc2o1. The molecule has 0 aliphatic heterocycles. The highest BCUT2D eigenvalue weighted by molar-refractivity contribution is 7.22. The summed E-state index contributed by atoms with van der Waals surface area (Å²) in [5.41, 5.74) is 5.77. The standard InChI is InChI=1S/C30H25NOS/c1-18-14-24-23(10-7-11-26(24)32-18)27-17-20-12-13-31-28(29(20)33-27)21-15-19-8-5-6-9-22(19)25(16-21)30(2,3)4/h5-17H,1-4H3. The van der Waals surface area contributed by atoms with Crippen molar-refractivity contribution in [3.05, 3.63) is 90.3 Å². The summed E-state index contributed by atoms with van der Waals surface area (Å²) in [5, 5.41) is 4.96. The average molecular weight is 448 g/mol. The first-order chi connectivity index (χ1) is 15.9. The first-order valence-electron chi connectivity index (χ1n) is 11.3. The van der Waals surface area contributed by atoms with Crippen LogP contribution in [0.15, 0.2) is 83.4 Å². The van der Waals surface area contributed by atoms with Crippen LogP contribution in [0.4, 0.5) is 0 Å². The van der Waals surface area contributed by atoms with E-state index in [1.807, 2.05) is 30.5 Å². The van der Waals surface area contributed by atoms with Crippen molar-refractivity contribution in [1.82, 2.24) is 4.98 Å². The molecule has 3 aromatic carbocycles. The Kier molecular flexibility index (Phi) is 4.46. The number of aromatic nitrogens is 1. The zero-order valence-electron chi connectivity index (χ0n) is 19.3. The minimum atomic E-state index is 0.0406. The molecule has 33 heavy (non-hydrogen) atoms. The van der Waals surface area contributed by atoms with E-state index in [0.717, 1.165) is 22.4 Å². The number of benzene rings is 3. The van der Waals surface area contributed by atoms with Gasteiger partial charge in [0.15, 0.2) is 0 Å². The topological polar surface area (TPSA) is 26.0 Å². The van der Waals surface area contributed by atoms with Gasteiger partial charge in [0.05, 0.1) is 10.4 Å². The van der Waals surface area contributed by atoms with Gasteiger partial charge in [-0.05, 0) is 70.5 Å². The van der Waals surface area contributed by atoms with Crippen LogP contribution < -0.4 is 0 Å². The van der Waals surface area contributed by atoms with Crippen LogP contribution in [-0.2, 0) is 5.41 Å². The minimum Gasteiger partial charge on any atom is -0.461 e. The molecule has 0 radical (unpaired) electrons. The molecule has 0 atom stereocenters. The smallest absolute Gasteiger partial charge is 0.134 e. The van der Waals surface area contributed by atoms with E-state index in [1.54, 1.807) is 0 Å². The number of furan rings is 1. The number of rotatable bonds is 2. The first-order valence-corrected chi connectivity index (χ1v) is 12.1. The number of hydrogen-bond donors (Lipinski definition) is 0. The zero-order chi connectivity index (χ0) is 22.7. The summed E-state index contributed by atoms with van der Waals surface area (Å²) in [5.74, 6) is 0.937. The van der Waals surface area contributed by atoms with Crippen LogP contribution in [0.5, 0.6) is 0 Å². The number of thiophene rings is 1. The minimum absolute atomic E-state index is 0.0406. The van der Waals surface area contributed by atoms with Crippen molar-refractivity contribution in [2.24, 2.45) is 0 Å². The van der Waals surface area contributed by atoms with Gasteiger partial charge in [-0.15, -0.1) is 11.3 Å². The maximum absolute atomic E-state index is 5.88. The van der Waals surface area contributed by atoms with Crippen molar-refractivity contribution < 1.29 is 4.42 Å². The van der Waals surface area contributed by atoms with Crippen LogP contribution in [0, 0.1) is 6.92 Å². The van der Waals surface area contributed by atoms with Crippen molar-refractivity contribution in [3.63, 3.8) is 0 Å². The third kappa shape index (κ3) is 3.35. The molecule has 0 amide bonds. The molecule has 0 N–H and O–H groups in total. The number of hydrogen-bond acceptors (Lipinski definition) is 3. The van der Waals surface area contributed by atoms with E-state index in [9.17, 15) is 0 Å². The second kappa shape index (κ2) is 7.29. The van der Waals surface area contributed by atoms with Crippen molar-refractivity contribution in [2.45, 2.75) is 33.1 Å². The van der Waals surface area contributed by atoms with Gasteiger partial charge in [-0.1, -0.05) is 57.2 Å². The van der Waals surface area contributed by atoms with E-state index < -0.39 is 0 Å². The molecule has 2 nitrogen and oxygen atoms in total. The van der Waals surface area contributed by atoms with Crippen LogP contribution in [0.1, 0.15) is 32.1 Å². The fourth-order valence-corrected chi connectivity index (χ4v) is 5.98. The van der Waals surface area contributed by atoms with Crippen LogP contribution >= 0.6 is 11.3 Å². The molecule has 0 fully saturated rings. The lowest BCUT2D eigenvalue weighted by Gasteiger charge is -2.22. The zero-order valence-corrected chi connectivity index (χ0v) is 20.1. The molecule has 3 heteroatoms. The summed E-state index contributed by atoms with van der Waals surface area (Å²) in [7, 11) is 0. The lowest BCUT2D eigenvalue weighted by Crippen LogP contribution is -2.12. The van der Waals surface area contributed by atoms with E-state index in [2.05, 4.69) is 87.5 Å². The van der Waals surface area contributed by atoms with Crippen molar-refractivity contribution in [1.29, 1.82) is 0 Å². The molecular weight excluding hydrogens is 422 g/mol. The molecule has 0 aliphatic rings. The highest BCUT2D eigenvalue weighted by Gasteiger charge is 2.20. The monoisotopic (exact) mass is 447 g/mol. The van der Waals surface area contributed by atoms with E-state index in [0.29, 0.717) is 0 Å². The number of nitrogens with zero attached hydrogens (tertiary/aromatic N) is 1. The Labute approximate surface area is 197 Å². The normalized spacial score (nSPS) is 12.2. The van der Waals surface area contributed by atoms with Gasteiger partial charge in [0.25, 0.3) is 0 Å². The molecular formula is C30H25NOS. The molecule has 6 aromatic rings. The molecule has 3 aromatic heterocycles. The second-order valence-electron chi connectivity index (χ2n) is 9.76. The molecule has 0 aliphatic carbocycles. The molecule has 3 heterocycles. The van der Waals surface area contributed by atoms with Crippen LogP contribution in [0.3, 0.4) is 0 Å². The van der Waals surface area contributed by atoms with E-state index in [1.165, 1.54) is 42.4 Å². The summed E-state index contributed by atoms with van der Waals surface area (Å²) in [4.78, 5) is 6.11. The molecule has 162 valence electrons. The fraction of sp³-hybridized carbons (Fsp3) is 0.167. The molecule has 0 bridgehead atoms. The fourth-order valence-electron chi connectivity index (χ4n) is 4.77. The van der Waals surface area contributed by atoms with Crippen LogP contribution in [0.2, 0.25) is 0 Å². The van der Waals surface area contributed by atoms with Gasteiger partial charge >= 0.3 is 0 Å². The van der Waals surface area contributed by atoms with E-state index in [4.69, 9.17) is 9.40 Å². The second-order valence-corrected chi connectivity index (χ2v) is 10.8. The van der Waals surface area contributed by atoms with E-state index >= 15 is 0 Å². The molecule has 0 saturated carbocycles. The molecule has 0 unspecified atom stereocenters. The summed E-state index contributed by atoms with van der Waals surface area (Å²) >= 11 is 1.81. The Morgan fingerprint density at radius 2 is 1.67 bits per heavy atom. The summed E-state index contributed by atoms with van der Waals surface area (Å²) in [6.45, 7) is 8.85. The lowest BCUT2D eigenvalue weighted by atomic mass is 9.82. The highest BCUT2D eigenvalue weighted by Crippen LogP contribution is 2.42. The third-order valence-corrected chi connectivity index (χ3v) is 7.52. The van der Waals surface area contributed by atoms with Gasteiger partial charge < -0.3 is 4.42 Å². The number of aryl methyl sites for hydroxylation is 1. The van der Waals surface area contributed by atoms with Crippen LogP contribution in [-0.4, -0.2) is 4.98 Å². The number of fused-ring (bicyclic) bond motifs is 3. The van der Waals surface area contributed by atoms with Crippen molar-refractivity contribution >= 4 is 43.2 Å². The predicted octanol–water partition coefficient (Wildman–Crippen LogP) is 9.14. The maximum Gasteiger partial charge on any atom is 0.134 e. The summed E-state index contributed by atoms with van der Waals surface area (Å²) < 4.78 is 7.10. The molecule has 6 rings (SSSR count). The Balaban J connectivity index is 1.59. The Hall–Kier alpha value is -3.43.